The fourth-order valence-corrected chi connectivity index (χ4v) is 4.75. The molecule has 0 bridgehead atoms. The Morgan fingerprint density at radius 1 is 1.36 bits per heavy atom. The summed E-state index contributed by atoms with van der Waals surface area (Å²) in [7, 11) is -2.39. The van der Waals surface area contributed by atoms with Gasteiger partial charge < -0.3 is 10.5 Å². The molecule has 1 aliphatic carbocycles. The van der Waals surface area contributed by atoms with Crippen molar-refractivity contribution < 1.29 is 17.9 Å². The predicted molar refractivity (Wildman–Crippen MR) is 86.0 cm³/mol. The van der Waals surface area contributed by atoms with Gasteiger partial charge in [-0.15, -0.1) is 0 Å². The Morgan fingerprint density at radius 2 is 2.05 bits per heavy atom. The number of hydrogen-bond donors (Lipinski definition) is 2. The van der Waals surface area contributed by atoms with E-state index >= 15 is 0 Å². The fraction of sp³-hybridized carbons (Fsp3) is 0.500. The predicted octanol–water partition coefficient (Wildman–Crippen LogP) is 1.78. The second-order valence-corrected chi connectivity index (χ2v) is 7.91. The molecule has 0 spiro atoms. The van der Waals surface area contributed by atoms with Crippen molar-refractivity contribution in [3.05, 3.63) is 22.7 Å². The summed E-state index contributed by atoms with van der Waals surface area (Å²) in [6.07, 6.45) is 2.96. The standard InChI is InChI=1S/C14H19BrN2O4S/c1-21-12-7-6-9(15)8-13(12)22(19,20)17-11-5-3-2-4-10(11)14(16)18/h6-8,10-11,17H,2-5H2,1H3,(H2,16,18). The molecule has 2 rings (SSSR count). The van der Waals surface area contributed by atoms with Gasteiger partial charge in [0.15, 0.2) is 0 Å². The van der Waals surface area contributed by atoms with Gasteiger partial charge in [-0.3, -0.25) is 4.79 Å². The van der Waals surface area contributed by atoms with E-state index in [0.717, 1.165) is 12.8 Å². The van der Waals surface area contributed by atoms with Gasteiger partial charge in [-0.2, -0.15) is 0 Å². The number of methoxy groups -OCH3 is 1. The van der Waals surface area contributed by atoms with Crippen LogP contribution in [-0.4, -0.2) is 27.5 Å². The van der Waals surface area contributed by atoms with Crippen LogP contribution in [0.1, 0.15) is 25.7 Å². The highest BCUT2D eigenvalue weighted by Gasteiger charge is 2.33. The van der Waals surface area contributed by atoms with Gasteiger partial charge in [-0.05, 0) is 31.0 Å². The van der Waals surface area contributed by atoms with Crippen LogP contribution in [0.25, 0.3) is 0 Å². The van der Waals surface area contributed by atoms with E-state index in [9.17, 15) is 13.2 Å². The lowest BCUT2D eigenvalue weighted by Gasteiger charge is -2.29. The zero-order valence-electron chi connectivity index (χ0n) is 12.2. The van der Waals surface area contributed by atoms with E-state index in [2.05, 4.69) is 20.7 Å². The lowest BCUT2D eigenvalue weighted by molar-refractivity contribution is -0.123. The topological polar surface area (TPSA) is 98.5 Å². The molecule has 0 radical (unpaired) electrons. The summed E-state index contributed by atoms with van der Waals surface area (Å²) < 4.78 is 33.6. The monoisotopic (exact) mass is 390 g/mol. The van der Waals surface area contributed by atoms with Gasteiger partial charge in [-0.25, -0.2) is 13.1 Å². The largest absolute Gasteiger partial charge is 0.495 e. The van der Waals surface area contributed by atoms with E-state index in [-0.39, 0.29) is 10.6 Å². The van der Waals surface area contributed by atoms with Crippen molar-refractivity contribution in [3.63, 3.8) is 0 Å². The normalized spacial score (nSPS) is 22.3. The molecule has 1 aromatic rings. The summed E-state index contributed by atoms with van der Waals surface area (Å²) in [5.41, 5.74) is 5.39. The molecule has 1 aliphatic rings. The third-order valence-electron chi connectivity index (χ3n) is 3.85. The average molecular weight is 391 g/mol. The third-order valence-corrected chi connectivity index (χ3v) is 5.86. The maximum absolute atomic E-state index is 12.6. The average Bonchev–Trinajstić information content (AvgIpc) is 2.47. The summed E-state index contributed by atoms with van der Waals surface area (Å²) in [5.74, 6) is -0.683. The number of nitrogens with one attached hydrogen (secondary N) is 1. The molecule has 0 aromatic heterocycles. The van der Waals surface area contributed by atoms with E-state index in [4.69, 9.17) is 10.5 Å². The van der Waals surface area contributed by atoms with Crippen molar-refractivity contribution in [1.29, 1.82) is 0 Å². The smallest absolute Gasteiger partial charge is 0.244 e. The Labute approximate surface area is 138 Å². The number of carbonyl (C=O) groups excluding carboxylic acids is 1. The lowest BCUT2D eigenvalue weighted by atomic mass is 9.85. The molecular formula is C14H19BrN2O4S. The van der Waals surface area contributed by atoms with Gasteiger partial charge in [0.2, 0.25) is 15.9 Å². The van der Waals surface area contributed by atoms with E-state index in [0.29, 0.717) is 17.3 Å². The minimum absolute atomic E-state index is 0.0400. The number of halogens is 1. The molecule has 22 heavy (non-hydrogen) atoms. The fourth-order valence-electron chi connectivity index (χ4n) is 2.74. The van der Waals surface area contributed by atoms with Crippen LogP contribution in [0.15, 0.2) is 27.6 Å². The van der Waals surface area contributed by atoms with Crippen LogP contribution in [0, 0.1) is 5.92 Å². The van der Waals surface area contributed by atoms with Crippen molar-refractivity contribution in [1.82, 2.24) is 4.72 Å². The van der Waals surface area contributed by atoms with Gasteiger partial charge in [0.25, 0.3) is 0 Å². The van der Waals surface area contributed by atoms with E-state index in [1.54, 1.807) is 12.1 Å². The van der Waals surface area contributed by atoms with Crippen LogP contribution in [-0.2, 0) is 14.8 Å². The van der Waals surface area contributed by atoms with Gasteiger partial charge in [0.05, 0.1) is 13.0 Å². The highest BCUT2D eigenvalue weighted by atomic mass is 79.9. The molecular weight excluding hydrogens is 372 g/mol. The molecule has 1 amide bonds. The molecule has 2 unspecified atom stereocenters. The molecule has 0 aliphatic heterocycles. The highest BCUT2D eigenvalue weighted by Crippen LogP contribution is 2.30. The number of carbonyl (C=O) groups is 1. The summed E-state index contributed by atoms with van der Waals surface area (Å²) in [4.78, 5) is 11.6. The highest BCUT2D eigenvalue weighted by molar-refractivity contribution is 9.10. The van der Waals surface area contributed by atoms with Gasteiger partial charge in [0.1, 0.15) is 10.6 Å². The Morgan fingerprint density at radius 3 is 2.68 bits per heavy atom. The maximum atomic E-state index is 12.6. The Hall–Kier alpha value is -1.12. The number of benzene rings is 1. The lowest BCUT2D eigenvalue weighted by Crippen LogP contribution is -2.47. The number of nitrogens with two attached hydrogens (primary N) is 1. The first-order chi connectivity index (χ1) is 10.3. The molecule has 6 nitrogen and oxygen atoms in total. The summed E-state index contributed by atoms with van der Waals surface area (Å²) >= 11 is 3.26. The minimum atomic E-state index is -3.80. The number of rotatable bonds is 5. The molecule has 0 heterocycles. The molecule has 3 N–H and O–H groups in total. The van der Waals surface area contributed by atoms with E-state index in [1.807, 2.05) is 0 Å². The number of ether oxygens (including phenoxy) is 1. The van der Waals surface area contributed by atoms with Crippen molar-refractivity contribution in [2.45, 2.75) is 36.6 Å². The first-order valence-electron chi connectivity index (χ1n) is 7.00. The van der Waals surface area contributed by atoms with Crippen LogP contribution < -0.4 is 15.2 Å². The van der Waals surface area contributed by atoms with Crippen molar-refractivity contribution >= 4 is 31.9 Å². The Balaban J connectivity index is 2.31. The zero-order chi connectivity index (χ0) is 16.3. The molecule has 1 saturated carbocycles. The SMILES string of the molecule is COc1ccc(Br)cc1S(=O)(=O)NC1CCCCC1C(N)=O. The Kier molecular flexibility index (Phi) is 5.46. The minimum Gasteiger partial charge on any atom is -0.495 e. The quantitative estimate of drug-likeness (QED) is 0.800. The summed E-state index contributed by atoms with van der Waals surface area (Å²) in [6, 6.07) is 4.28. The molecule has 1 aromatic carbocycles. The molecule has 122 valence electrons. The van der Waals surface area contributed by atoms with E-state index in [1.165, 1.54) is 13.2 Å². The summed E-state index contributed by atoms with van der Waals surface area (Å²) in [5, 5.41) is 0. The van der Waals surface area contributed by atoms with Gasteiger partial charge >= 0.3 is 0 Å². The molecule has 0 saturated heterocycles. The number of sulfonamides is 1. The number of primary amides is 1. The zero-order valence-corrected chi connectivity index (χ0v) is 14.6. The van der Waals surface area contributed by atoms with Crippen LogP contribution >= 0.6 is 15.9 Å². The first-order valence-corrected chi connectivity index (χ1v) is 9.28. The van der Waals surface area contributed by atoms with Crippen LogP contribution in [0.2, 0.25) is 0 Å². The summed E-state index contributed by atoms with van der Waals surface area (Å²) in [6.45, 7) is 0. The second-order valence-electron chi connectivity index (χ2n) is 5.32. The molecule has 2 atom stereocenters. The van der Waals surface area contributed by atoms with Gasteiger partial charge in [-0.1, -0.05) is 28.8 Å². The molecule has 1 fully saturated rings. The van der Waals surface area contributed by atoms with Gasteiger partial charge in [0, 0.05) is 10.5 Å². The van der Waals surface area contributed by atoms with Crippen molar-refractivity contribution in [2.24, 2.45) is 11.7 Å². The number of amides is 1. The van der Waals surface area contributed by atoms with E-state index < -0.39 is 27.9 Å². The van der Waals surface area contributed by atoms with Crippen LogP contribution in [0.3, 0.4) is 0 Å². The maximum Gasteiger partial charge on any atom is 0.244 e. The first kappa shape index (κ1) is 17.2. The molecule has 8 heteroatoms. The van der Waals surface area contributed by atoms with Crippen LogP contribution in [0.5, 0.6) is 5.75 Å². The number of hydrogen-bond acceptors (Lipinski definition) is 4. The second kappa shape index (κ2) is 6.97. The Bertz CT molecular complexity index is 663. The van der Waals surface area contributed by atoms with Crippen LogP contribution in [0.4, 0.5) is 0 Å². The third kappa shape index (κ3) is 3.80. The van der Waals surface area contributed by atoms with Crippen molar-refractivity contribution in [3.8, 4) is 5.75 Å². The van der Waals surface area contributed by atoms with Crippen molar-refractivity contribution in [2.75, 3.05) is 7.11 Å².